The summed E-state index contributed by atoms with van der Waals surface area (Å²) in [6.07, 6.45) is 0.759. The van der Waals surface area contributed by atoms with Crippen molar-refractivity contribution < 1.29 is 9.53 Å². The monoisotopic (exact) mass is 406 g/mol. The van der Waals surface area contributed by atoms with Gasteiger partial charge in [-0.05, 0) is 28.6 Å². The number of nitrogens with one attached hydrogen (secondary N) is 1. The smallest absolute Gasteiger partial charge is 0.264 e. The number of carbonyl (C=O) groups excluding carboxylic acids is 1. The van der Waals surface area contributed by atoms with Crippen molar-refractivity contribution in [2.24, 2.45) is 0 Å². The van der Waals surface area contributed by atoms with E-state index in [-0.39, 0.29) is 12.5 Å². The molecule has 0 aliphatic carbocycles. The summed E-state index contributed by atoms with van der Waals surface area (Å²) in [6.45, 7) is -0.0558. The van der Waals surface area contributed by atoms with Crippen LogP contribution in [0, 0.1) is 0 Å². The number of thiazole rings is 1. The Balaban J connectivity index is 1.36. The number of benzene rings is 2. The maximum Gasteiger partial charge on any atom is 0.264 e. The van der Waals surface area contributed by atoms with E-state index in [1.165, 1.54) is 16.9 Å². The van der Waals surface area contributed by atoms with Crippen molar-refractivity contribution in [1.29, 1.82) is 0 Å². The predicted molar refractivity (Wildman–Crippen MR) is 115 cm³/mol. The number of anilines is 1. The maximum atomic E-state index is 12.3. The van der Waals surface area contributed by atoms with Gasteiger partial charge in [0, 0.05) is 11.8 Å². The summed E-state index contributed by atoms with van der Waals surface area (Å²) < 4.78 is 5.79. The number of ether oxygens (including phenoxy) is 1. The molecule has 2 heterocycles. The number of amides is 1. The van der Waals surface area contributed by atoms with E-state index in [1.807, 2.05) is 65.4 Å². The number of rotatable bonds is 7. The van der Waals surface area contributed by atoms with E-state index in [0.29, 0.717) is 5.13 Å². The van der Waals surface area contributed by atoms with Crippen LogP contribution in [0.15, 0.2) is 77.5 Å². The standard InChI is InChI=1S/C22H18N2O2S2/c25-21(24-22-23-18(15-28-22)20-11-6-12-27-20)14-26-19-10-5-4-9-17(19)13-16-7-2-1-3-8-16/h1-12,15H,13-14H2,(H,23,24,25). The van der Waals surface area contributed by atoms with E-state index in [9.17, 15) is 4.79 Å². The van der Waals surface area contributed by atoms with Crippen LogP contribution < -0.4 is 10.1 Å². The van der Waals surface area contributed by atoms with E-state index in [0.717, 1.165) is 28.3 Å². The molecule has 0 saturated carbocycles. The zero-order valence-electron chi connectivity index (χ0n) is 15.0. The number of nitrogens with zero attached hydrogens (tertiary/aromatic N) is 1. The number of aromatic nitrogens is 1. The summed E-state index contributed by atoms with van der Waals surface area (Å²) in [7, 11) is 0. The molecule has 4 aromatic rings. The van der Waals surface area contributed by atoms with Gasteiger partial charge >= 0.3 is 0 Å². The van der Waals surface area contributed by atoms with Gasteiger partial charge in [0.1, 0.15) is 5.75 Å². The van der Waals surface area contributed by atoms with Crippen molar-refractivity contribution in [2.45, 2.75) is 6.42 Å². The largest absolute Gasteiger partial charge is 0.483 e. The van der Waals surface area contributed by atoms with Crippen LogP contribution in [0.1, 0.15) is 11.1 Å². The average Bonchev–Trinajstić information content (AvgIpc) is 3.40. The van der Waals surface area contributed by atoms with Crippen LogP contribution in [0.4, 0.5) is 5.13 Å². The lowest BCUT2D eigenvalue weighted by Gasteiger charge is -2.11. The fraction of sp³-hybridized carbons (Fsp3) is 0.0909. The van der Waals surface area contributed by atoms with Gasteiger partial charge < -0.3 is 4.74 Å². The van der Waals surface area contributed by atoms with Gasteiger partial charge in [0.25, 0.3) is 5.91 Å². The molecule has 2 aromatic carbocycles. The molecule has 0 fully saturated rings. The molecule has 0 aliphatic heterocycles. The summed E-state index contributed by atoms with van der Waals surface area (Å²) >= 11 is 3.04. The highest BCUT2D eigenvalue weighted by Crippen LogP contribution is 2.28. The second-order valence-electron chi connectivity index (χ2n) is 6.12. The van der Waals surface area contributed by atoms with E-state index in [2.05, 4.69) is 22.4 Å². The van der Waals surface area contributed by atoms with Gasteiger partial charge in [-0.25, -0.2) is 4.98 Å². The van der Waals surface area contributed by atoms with Gasteiger partial charge in [-0.15, -0.1) is 22.7 Å². The highest BCUT2D eigenvalue weighted by molar-refractivity contribution is 7.16. The number of carbonyl (C=O) groups is 1. The Kier molecular flexibility index (Phi) is 5.80. The molecule has 140 valence electrons. The molecule has 0 saturated heterocycles. The summed E-state index contributed by atoms with van der Waals surface area (Å²) in [5.41, 5.74) is 3.13. The predicted octanol–water partition coefficient (Wildman–Crippen LogP) is 5.48. The third-order valence-corrected chi connectivity index (χ3v) is 5.74. The Bertz CT molecular complexity index is 1040. The lowest BCUT2D eigenvalue weighted by Crippen LogP contribution is -2.20. The van der Waals surface area contributed by atoms with Crippen LogP contribution in [-0.4, -0.2) is 17.5 Å². The minimum Gasteiger partial charge on any atom is -0.483 e. The zero-order valence-corrected chi connectivity index (χ0v) is 16.6. The van der Waals surface area contributed by atoms with Crippen LogP contribution in [0.25, 0.3) is 10.6 Å². The first kappa shape index (κ1) is 18.4. The molecule has 0 bridgehead atoms. The Morgan fingerprint density at radius 1 is 0.964 bits per heavy atom. The molecule has 0 spiro atoms. The normalized spacial score (nSPS) is 10.6. The number of para-hydroxylation sites is 1. The highest BCUT2D eigenvalue weighted by Gasteiger charge is 2.11. The molecule has 4 nitrogen and oxygen atoms in total. The summed E-state index contributed by atoms with van der Waals surface area (Å²) in [5.74, 6) is 0.501. The summed E-state index contributed by atoms with van der Waals surface area (Å²) in [4.78, 5) is 17.8. The lowest BCUT2D eigenvalue weighted by atomic mass is 10.0. The van der Waals surface area contributed by atoms with Gasteiger partial charge in [0.05, 0.1) is 10.6 Å². The first-order chi connectivity index (χ1) is 13.8. The van der Waals surface area contributed by atoms with Crippen LogP contribution in [0.2, 0.25) is 0 Å². The van der Waals surface area contributed by atoms with E-state index in [4.69, 9.17) is 4.74 Å². The maximum absolute atomic E-state index is 12.3. The van der Waals surface area contributed by atoms with Crippen molar-refractivity contribution in [3.63, 3.8) is 0 Å². The first-order valence-corrected chi connectivity index (χ1v) is 10.6. The Morgan fingerprint density at radius 2 is 1.79 bits per heavy atom. The number of hydrogen-bond acceptors (Lipinski definition) is 5. The van der Waals surface area contributed by atoms with Crippen molar-refractivity contribution in [2.75, 3.05) is 11.9 Å². The number of thiophene rings is 1. The Hall–Kier alpha value is -2.96. The molecule has 4 rings (SSSR count). The van der Waals surface area contributed by atoms with Gasteiger partial charge in [0.15, 0.2) is 11.7 Å². The Labute approximate surface area is 171 Å². The SMILES string of the molecule is O=C(COc1ccccc1Cc1ccccc1)Nc1nc(-c2cccs2)cs1. The fourth-order valence-corrected chi connectivity index (χ4v) is 4.26. The van der Waals surface area contributed by atoms with Gasteiger partial charge in [-0.1, -0.05) is 54.6 Å². The minimum absolute atomic E-state index is 0.0558. The van der Waals surface area contributed by atoms with Crippen molar-refractivity contribution >= 4 is 33.7 Å². The molecule has 28 heavy (non-hydrogen) atoms. The van der Waals surface area contributed by atoms with Crippen LogP contribution in [-0.2, 0) is 11.2 Å². The van der Waals surface area contributed by atoms with E-state index >= 15 is 0 Å². The highest BCUT2D eigenvalue weighted by atomic mass is 32.1. The van der Waals surface area contributed by atoms with Crippen molar-refractivity contribution in [3.05, 3.63) is 88.6 Å². The van der Waals surface area contributed by atoms with E-state index < -0.39 is 0 Å². The Morgan fingerprint density at radius 3 is 2.61 bits per heavy atom. The molecule has 0 unspecified atom stereocenters. The number of hydrogen-bond donors (Lipinski definition) is 1. The minimum atomic E-state index is -0.221. The zero-order chi connectivity index (χ0) is 19.2. The second-order valence-corrected chi connectivity index (χ2v) is 7.93. The van der Waals surface area contributed by atoms with Crippen LogP contribution >= 0.6 is 22.7 Å². The first-order valence-electron chi connectivity index (χ1n) is 8.82. The third-order valence-electron chi connectivity index (χ3n) is 4.09. The quantitative estimate of drug-likeness (QED) is 0.442. The molecular formula is C22H18N2O2S2. The van der Waals surface area contributed by atoms with Crippen molar-refractivity contribution in [3.8, 4) is 16.3 Å². The molecule has 0 radical (unpaired) electrons. The third kappa shape index (κ3) is 4.65. The van der Waals surface area contributed by atoms with Gasteiger partial charge in [-0.2, -0.15) is 0 Å². The molecule has 6 heteroatoms. The fourth-order valence-electron chi connectivity index (χ4n) is 2.77. The summed E-state index contributed by atoms with van der Waals surface area (Å²) in [6, 6.07) is 22.0. The molecule has 0 aliphatic rings. The van der Waals surface area contributed by atoms with E-state index in [1.54, 1.807) is 11.3 Å². The second kappa shape index (κ2) is 8.82. The van der Waals surface area contributed by atoms with Crippen LogP contribution in [0.5, 0.6) is 5.75 Å². The molecule has 2 aromatic heterocycles. The topological polar surface area (TPSA) is 51.2 Å². The molecule has 1 N–H and O–H groups in total. The molecular weight excluding hydrogens is 388 g/mol. The van der Waals surface area contributed by atoms with Gasteiger partial charge in [-0.3, -0.25) is 10.1 Å². The molecule has 0 atom stereocenters. The van der Waals surface area contributed by atoms with Gasteiger partial charge in [0.2, 0.25) is 0 Å². The van der Waals surface area contributed by atoms with Crippen molar-refractivity contribution in [1.82, 2.24) is 4.98 Å². The lowest BCUT2D eigenvalue weighted by molar-refractivity contribution is -0.118. The average molecular weight is 407 g/mol. The molecule has 1 amide bonds. The summed E-state index contributed by atoms with van der Waals surface area (Å²) in [5, 5.41) is 7.34. The van der Waals surface area contributed by atoms with Crippen LogP contribution in [0.3, 0.4) is 0 Å².